The van der Waals surface area contributed by atoms with Gasteiger partial charge in [-0.3, -0.25) is 0 Å². The Morgan fingerprint density at radius 2 is 0.743 bits per heavy atom. The molecule has 0 radical (unpaired) electrons. The van der Waals surface area contributed by atoms with Gasteiger partial charge in [-0.25, -0.2) is 0 Å². The van der Waals surface area contributed by atoms with Gasteiger partial charge in [-0.1, -0.05) is 88.7 Å². The number of rotatable bonds is 1. The molecule has 3 aromatic carbocycles. The largest absolute Gasteiger partial charge is 0.106 e. The first-order valence-electron chi connectivity index (χ1n) is 13.2. The van der Waals surface area contributed by atoms with E-state index >= 15 is 0 Å². The normalized spacial score (nSPS) is 8.63. The van der Waals surface area contributed by atoms with Gasteiger partial charge in [-0.2, -0.15) is 0 Å². The Morgan fingerprint density at radius 1 is 0.429 bits per heavy atom. The Hall–Kier alpha value is -2.60. The molecule has 0 heteroatoms. The van der Waals surface area contributed by atoms with E-state index < -0.39 is 0 Å². The van der Waals surface area contributed by atoms with Gasteiger partial charge in [-0.05, 0) is 119 Å². The molecule has 0 fully saturated rings. The molecular formula is C35H56. The number of hydrogen-bond acceptors (Lipinski definition) is 0. The van der Waals surface area contributed by atoms with E-state index in [-0.39, 0.29) is 0 Å². The lowest BCUT2D eigenvalue weighted by Gasteiger charge is -2.04. The summed E-state index contributed by atoms with van der Waals surface area (Å²) < 4.78 is 0. The first kappa shape index (κ1) is 37.0. The van der Waals surface area contributed by atoms with Crippen LogP contribution in [0.25, 0.3) is 0 Å². The van der Waals surface area contributed by atoms with E-state index in [4.69, 9.17) is 0 Å². The van der Waals surface area contributed by atoms with Crippen molar-refractivity contribution in [2.24, 2.45) is 0 Å². The van der Waals surface area contributed by atoms with Crippen molar-refractivity contribution < 1.29 is 0 Å². The first-order valence-corrected chi connectivity index (χ1v) is 13.2. The van der Waals surface area contributed by atoms with Crippen LogP contribution in [0.5, 0.6) is 0 Å². The molecule has 0 unspecified atom stereocenters. The monoisotopic (exact) mass is 476 g/mol. The smallest absolute Gasteiger partial charge is 0.0307 e. The Morgan fingerprint density at radius 3 is 1.03 bits per heavy atom. The summed E-state index contributed by atoms with van der Waals surface area (Å²) in [4.78, 5) is 0. The fourth-order valence-electron chi connectivity index (χ4n) is 3.02. The molecule has 0 aromatic heterocycles. The molecule has 3 rings (SSSR count). The summed E-state index contributed by atoms with van der Waals surface area (Å²) in [6, 6.07) is 17.6. The minimum absolute atomic E-state index is 1.14. The van der Waals surface area contributed by atoms with Crippen molar-refractivity contribution in [2.45, 2.75) is 103 Å². The van der Waals surface area contributed by atoms with Crippen molar-refractivity contribution in [3.05, 3.63) is 117 Å². The highest BCUT2D eigenvalue weighted by atomic mass is 14.0. The molecule has 196 valence electrons. The molecule has 0 aliphatic carbocycles. The van der Waals surface area contributed by atoms with Gasteiger partial charge in [0.25, 0.3) is 0 Å². The second-order valence-electron chi connectivity index (χ2n) is 8.38. The highest BCUT2D eigenvalue weighted by Crippen LogP contribution is 2.13. The molecule has 0 atom stereocenters. The molecule has 0 aliphatic heterocycles. The molecule has 0 spiro atoms. The second kappa shape index (κ2) is 21.9. The van der Waals surface area contributed by atoms with Crippen molar-refractivity contribution in [3.63, 3.8) is 0 Å². The van der Waals surface area contributed by atoms with Crippen molar-refractivity contribution in [1.82, 2.24) is 0 Å². The SMILES string of the molecule is C=C.CC.CC.CCc1ccc(C)c(C)c1.Cc1cc(C)c(C)cc1C.Cc1ccc(C)c(C)c1. The van der Waals surface area contributed by atoms with Gasteiger partial charge in [0.1, 0.15) is 0 Å². The van der Waals surface area contributed by atoms with Crippen LogP contribution in [0.2, 0.25) is 0 Å². The predicted octanol–water partition coefficient (Wildman–Crippen LogP) is 11.3. The van der Waals surface area contributed by atoms with Crippen LogP contribution >= 0.6 is 0 Å². The number of hydrogen-bond donors (Lipinski definition) is 0. The second-order valence-corrected chi connectivity index (χ2v) is 8.38. The summed E-state index contributed by atoms with van der Waals surface area (Å²) in [6.07, 6.45) is 1.14. The molecule has 0 aliphatic rings. The van der Waals surface area contributed by atoms with Crippen LogP contribution < -0.4 is 0 Å². The summed E-state index contributed by atoms with van der Waals surface area (Å²) in [5.41, 5.74) is 13.9. The summed E-state index contributed by atoms with van der Waals surface area (Å²) in [5.74, 6) is 0. The molecule has 0 saturated carbocycles. The lowest BCUT2D eigenvalue weighted by molar-refractivity contribution is 1.12. The average Bonchev–Trinajstić information content (AvgIpc) is 2.87. The van der Waals surface area contributed by atoms with E-state index in [2.05, 4.69) is 131 Å². The van der Waals surface area contributed by atoms with E-state index in [0.29, 0.717) is 0 Å². The third-order valence-corrected chi connectivity index (χ3v) is 5.75. The van der Waals surface area contributed by atoms with Crippen LogP contribution in [-0.2, 0) is 6.42 Å². The van der Waals surface area contributed by atoms with Gasteiger partial charge >= 0.3 is 0 Å². The van der Waals surface area contributed by atoms with Crippen molar-refractivity contribution in [3.8, 4) is 0 Å². The molecule has 0 N–H and O–H groups in total. The van der Waals surface area contributed by atoms with Gasteiger partial charge in [0.15, 0.2) is 0 Å². The fraction of sp³-hybridized carbons (Fsp3) is 0.429. The average molecular weight is 477 g/mol. The molecule has 35 heavy (non-hydrogen) atoms. The lowest BCUT2D eigenvalue weighted by Crippen LogP contribution is -1.86. The first-order chi connectivity index (χ1) is 16.5. The Bertz CT molecular complexity index is 894. The maximum atomic E-state index is 3.00. The van der Waals surface area contributed by atoms with Gasteiger partial charge in [0, 0.05) is 0 Å². The van der Waals surface area contributed by atoms with E-state index in [1.54, 1.807) is 0 Å². The lowest BCUT2D eigenvalue weighted by atomic mass is 10.0. The fourth-order valence-corrected chi connectivity index (χ4v) is 3.02. The molecule has 3 aromatic rings. The van der Waals surface area contributed by atoms with Gasteiger partial charge in [0.2, 0.25) is 0 Å². The number of benzene rings is 3. The standard InChI is InChI=1S/2C10H14.C9H12.2C2H6.C2H4/c1-7-5-9(3)10(4)6-8(7)2;1-4-10-6-5-8(2)9(3)7-10;1-7-4-5-8(2)9(3)6-7;3*1-2/h5-6H,1-4H3;5-7H,4H2,1-3H3;4-6H,1-3H3;2*1-2H3;1-2H2. The van der Waals surface area contributed by atoms with Crippen molar-refractivity contribution in [1.29, 1.82) is 0 Å². The van der Waals surface area contributed by atoms with Gasteiger partial charge in [0.05, 0.1) is 0 Å². The topological polar surface area (TPSA) is 0 Å². The van der Waals surface area contributed by atoms with Gasteiger partial charge < -0.3 is 0 Å². The molecule has 0 nitrogen and oxygen atoms in total. The zero-order valence-corrected chi connectivity index (χ0v) is 25.7. The van der Waals surface area contributed by atoms with Crippen LogP contribution in [-0.4, -0.2) is 0 Å². The zero-order chi connectivity index (χ0) is 28.1. The van der Waals surface area contributed by atoms with E-state index in [0.717, 1.165) is 6.42 Å². The Kier molecular flexibility index (Phi) is 23.1. The minimum Gasteiger partial charge on any atom is -0.106 e. The van der Waals surface area contributed by atoms with Crippen LogP contribution in [0.3, 0.4) is 0 Å². The maximum Gasteiger partial charge on any atom is -0.0307 e. The zero-order valence-electron chi connectivity index (χ0n) is 25.7. The van der Waals surface area contributed by atoms with Crippen molar-refractivity contribution in [2.75, 3.05) is 0 Å². The highest BCUT2D eigenvalue weighted by molar-refractivity contribution is 5.35. The summed E-state index contributed by atoms with van der Waals surface area (Å²) in [7, 11) is 0. The van der Waals surface area contributed by atoms with Crippen molar-refractivity contribution >= 4 is 0 Å². The van der Waals surface area contributed by atoms with E-state index in [1.807, 2.05) is 27.7 Å². The predicted molar refractivity (Wildman–Crippen MR) is 165 cm³/mol. The molecule has 0 amide bonds. The van der Waals surface area contributed by atoms with Crippen LogP contribution in [0.1, 0.15) is 90.3 Å². The summed E-state index contributed by atoms with van der Waals surface area (Å²) >= 11 is 0. The Balaban J connectivity index is -0.000000396. The third-order valence-electron chi connectivity index (χ3n) is 5.75. The minimum atomic E-state index is 1.14. The third kappa shape index (κ3) is 15.8. The number of aryl methyl sites for hydroxylation is 10. The van der Waals surface area contributed by atoms with Crippen LogP contribution in [0.15, 0.2) is 61.7 Å². The molecule has 0 saturated heterocycles. The van der Waals surface area contributed by atoms with Gasteiger partial charge in [-0.15, -0.1) is 13.2 Å². The van der Waals surface area contributed by atoms with E-state index in [9.17, 15) is 0 Å². The van der Waals surface area contributed by atoms with Crippen LogP contribution in [0, 0.1) is 62.3 Å². The van der Waals surface area contributed by atoms with Crippen LogP contribution in [0.4, 0.5) is 0 Å². The maximum absolute atomic E-state index is 3.00. The molecule has 0 bridgehead atoms. The Labute approximate surface area is 220 Å². The summed E-state index contributed by atoms with van der Waals surface area (Å²) in [5, 5.41) is 0. The highest BCUT2D eigenvalue weighted by Gasteiger charge is 1.95. The summed E-state index contributed by atoms with van der Waals surface area (Å²) in [6.45, 7) is 35.5. The van der Waals surface area contributed by atoms with E-state index in [1.165, 1.54) is 55.6 Å². The molecule has 0 heterocycles. The molecular weight excluding hydrogens is 420 g/mol. The quantitative estimate of drug-likeness (QED) is 0.306.